The maximum atomic E-state index is 13.2. The molecule has 3 aromatic rings. The molecule has 278 valence electrons. The van der Waals surface area contributed by atoms with E-state index in [1.54, 1.807) is 17.4 Å². The fraction of sp³-hybridized carbons (Fsp3) is 0.667. The molecule has 1 amide bonds. The SMILES string of the molecule is CC(C)c1nc(C(=O)N2CCOC3(CCN(CCCCCCCC(C)(C)CNC[C@H](O)c4ccc(O)c5[nH]c(=O)sc45)CC3)C2)cs1.O=CO. The van der Waals surface area contributed by atoms with Crippen molar-refractivity contribution in [3.05, 3.63) is 43.4 Å². The molecule has 14 heteroatoms. The van der Waals surface area contributed by atoms with E-state index in [0.29, 0.717) is 53.6 Å². The van der Waals surface area contributed by atoms with Gasteiger partial charge in [-0.1, -0.05) is 70.8 Å². The number of aromatic hydroxyl groups is 1. The van der Waals surface area contributed by atoms with Crippen LogP contribution in [0.2, 0.25) is 0 Å². The summed E-state index contributed by atoms with van der Waals surface area (Å²) in [7, 11) is 0. The predicted molar refractivity (Wildman–Crippen MR) is 199 cm³/mol. The van der Waals surface area contributed by atoms with Crippen LogP contribution in [0.15, 0.2) is 22.3 Å². The van der Waals surface area contributed by atoms with Gasteiger partial charge in [0.2, 0.25) is 0 Å². The van der Waals surface area contributed by atoms with Crippen LogP contribution in [0.5, 0.6) is 5.75 Å². The molecule has 0 saturated carbocycles. The van der Waals surface area contributed by atoms with Crippen LogP contribution in [-0.4, -0.2) is 105 Å². The normalized spacial score (nSPS) is 17.2. The molecule has 0 bridgehead atoms. The lowest BCUT2D eigenvalue weighted by Gasteiger charge is -2.47. The number of thiazole rings is 2. The van der Waals surface area contributed by atoms with Gasteiger partial charge >= 0.3 is 4.87 Å². The molecule has 2 fully saturated rings. The number of fused-ring (bicyclic) bond motifs is 1. The maximum Gasteiger partial charge on any atom is 0.305 e. The number of aromatic amines is 1. The third-order valence-corrected chi connectivity index (χ3v) is 11.8. The summed E-state index contributed by atoms with van der Waals surface area (Å²) >= 11 is 2.59. The number of aliphatic hydroxyl groups excluding tert-OH is 1. The Kier molecular flexibility index (Phi) is 14.8. The third kappa shape index (κ3) is 11.1. The minimum Gasteiger partial charge on any atom is -0.506 e. The first-order chi connectivity index (χ1) is 23.9. The Balaban J connectivity index is 0.00000181. The Morgan fingerprint density at radius 1 is 1.16 bits per heavy atom. The second kappa shape index (κ2) is 18.6. The molecule has 2 saturated heterocycles. The first-order valence-corrected chi connectivity index (χ1v) is 19.5. The van der Waals surface area contributed by atoms with Gasteiger partial charge in [0.05, 0.1) is 34.6 Å². The van der Waals surface area contributed by atoms with Crippen molar-refractivity contribution in [1.82, 2.24) is 25.1 Å². The number of piperidine rings is 1. The van der Waals surface area contributed by atoms with Crippen LogP contribution < -0.4 is 10.2 Å². The molecule has 12 nitrogen and oxygen atoms in total. The number of hydrogen-bond donors (Lipinski definition) is 5. The van der Waals surface area contributed by atoms with E-state index in [1.807, 2.05) is 10.3 Å². The highest BCUT2D eigenvalue weighted by Crippen LogP contribution is 2.33. The summed E-state index contributed by atoms with van der Waals surface area (Å²) in [5, 5.41) is 34.0. The Morgan fingerprint density at radius 2 is 1.86 bits per heavy atom. The van der Waals surface area contributed by atoms with Crippen molar-refractivity contribution < 1.29 is 29.6 Å². The van der Waals surface area contributed by atoms with E-state index in [1.165, 1.54) is 38.2 Å². The number of morpholine rings is 1. The second-order valence-corrected chi connectivity index (χ2v) is 16.5. The summed E-state index contributed by atoms with van der Waals surface area (Å²) in [5.41, 5.74) is 1.53. The van der Waals surface area contributed by atoms with E-state index < -0.39 is 6.10 Å². The van der Waals surface area contributed by atoms with Crippen LogP contribution in [-0.2, 0) is 9.53 Å². The van der Waals surface area contributed by atoms with Crippen molar-refractivity contribution in [3.63, 3.8) is 0 Å². The molecule has 0 unspecified atom stereocenters. The monoisotopic (exact) mass is 733 g/mol. The third-order valence-electron chi connectivity index (χ3n) is 9.75. The molecule has 50 heavy (non-hydrogen) atoms. The van der Waals surface area contributed by atoms with E-state index in [4.69, 9.17) is 14.6 Å². The van der Waals surface area contributed by atoms with E-state index in [9.17, 15) is 19.8 Å². The number of aromatic nitrogens is 2. The number of hydrogen-bond acceptors (Lipinski definition) is 11. The molecule has 2 aliphatic rings. The number of nitrogens with one attached hydrogen (secondary N) is 2. The number of rotatable bonds is 15. The van der Waals surface area contributed by atoms with Gasteiger partial charge in [-0.15, -0.1) is 11.3 Å². The van der Waals surface area contributed by atoms with Crippen molar-refractivity contribution in [2.24, 2.45) is 5.41 Å². The average Bonchev–Trinajstić information content (AvgIpc) is 3.73. The number of carboxylic acid groups (broad SMARTS) is 1. The highest BCUT2D eigenvalue weighted by atomic mass is 32.1. The van der Waals surface area contributed by atoms with Crippen LogP contribution >= 0.6 is 22.7 Å². The second-order valence-electron chi connectivity index (χ2n) is 14.7. The van der Waals surface area contributed by atoms with Crippen LogP contribution in [0.25, 0.3) is 10.2 Å². The Hall–Kier alpha value is -2.88. The molecule has 1 aromatic carbocycles. The molecule has 0 radical (unpaired) electrons. The number of H-pyrrole nitrogens is 1. The highest BCUT2D eigenvalue weighted by molar-refractivity contribution is 7.16. The first kappa shape index (κ1) is 39.9. The fourth-order valence-corrected chi connectivity index (χ4v) is 8.56. The number of unbranched alkanes of at least 4 members (excludes halogenated alkanes) is 4. The molecule has 5 rings (SSSR count). The summed E-state index contributed by atoms with van der Waals surface area (Å²) in [6.45, 7) is 14.8. The molecule has 0 aliphatic carbocycles. The van der Waals surface area contributed by atoms with E-state index in [2.05, 4.69) is 47.9 Å². The highest BCUT2D eigenvalue weighted by Gasteiger charge is 2.41. The van der Waals surface area contributed by atoms with Crippen LogP contribution in [0.4, 0.5) is 0 Å². The number of carbonyl (C=O) groups is 2. The lowest BCUT2D eigenvalue weighted by atomic mass is 9.86. The Labute approximate surface area is 302 Å². The van der Waals surface area contributed by atoms with Crippen LogP contribution in [0.1, 0.15) is 112 Å². The Morgan fingerprint density at radius 3 is 2.56 bits per heavy atom. The number of nitrogens with zero attached hydrogens (tertiary/aromatic N) is 3. The molecule has 5 N–H and O–H groups in total. The molecule has 2 aliphatic heterocycles. The number of phenolic OH excluding ortho intramolecular Hbond substituents is 1. The standard InChI is InChI=1S/C35H53N5O5S2.CH2O2/c1-24(2)31-37-26(21-46-31)32(43)40-18-19-45-35(23-40)13-16-39(17-14-35)15-9-7-5-6-8-12-34(3,4)22-36-20-28(42)25-10-11-27(41)29-30(25)47-33(44)38-29;2-1-3/h10-11,21,24,28,36,41-42H,5-9,12-20,22-23H2,1-4H3,(H,38,44);1H,(H,2,3)/t28-;/m0./s1. The van der Waals surface area contributed by atoms with Crippen molar-refractivity contribution in [2.75, 3.05) is 52.4 Å². The molecule has 2 aromatic heterocycles. The largest absolute Gasteiger partial charge is 0.506 e. The van der Waals surface area contributed by atoms with E-state index >= 15 is 0 Å². The van der Waals surface area contributed by atoms with E-state index in [-0.39, 0.29) is 34.0 Å². The summed E-state index contributed by atoms with van der Waals surface area (Å²) < 4.78 is 6.92. The van der Waals surface area contributed by atoms with Crippen LogP contribution in [0, 0.1) is 5.41 Å². The summed E-state index contributed by atoms with van der Waals surface area (Å²) in [6.07, 6.45) is 8.41. The van der Waals surface area contributed by atoms with Gasteiger partial charge in [0.15, 0.2) is 0 Å². The van der Waals surface area contributed by atoms with Gasteiger partial charge in [0.25, 0.3) is 12.4 Å². The van der Waals surface area contributed by atoms with Gasteiger partial charge in [-0.25, -0.2) is 4.98 Å². The fourth-order valence-electron chi connectivity index (χ4n) is 6.83. The minimum atomic E-state index is -0.757. The quantitative estimate of drug-likeness (QED) is 0.0984. The number of phenols is 1. The first-order valence-electron chi connectivity index (χ1n) is 17.8. The number of amides is 1. The number of benzene rings is 1. The smallest absolute Gasteiger partial charge is 0.305 e. The zero-order valence-electron chi connectivity index (χ0n) is 29.9. The minimum absolute atomic E-state index is 0.0212. The van der Waals surface area contributed by atoms with Gasteiger partial charge in [0, 0.05) is 49.6 Å². The summed E-state index contributed by atoms with van der Waals surface area (Å²) in [6, 6.07) is 3.21. The maximum absolute atomic E-state index is 13.2. The topological polar surface area (TPSA) is 168 Å². The predicted octanol–water partition coefficient (Wildman–Crippen LogP) is 5.57. The van der Waals surface area contributed by atoms with Crippen molar-refractivity contribution in [1.29, 1.82) is 0 Å². The van der Waals surface area contributed by atoms with Gasteiger partial charge in [0.1, 0.15) is 17.0 Å². The average molecular weight is 734 g/mol. The van der Waals surface area contributed by atoms with Gasteiger partial charge in [-0.05, 0) is 43.7 Å². The molecular weight excluding hydrogens is 679 g/mol. The zero-order valence-corrected chi connectivity index (χ0v) is 31.5. The lowest BCUT2D eigenvalue weighted by molar-refractivity contribution is -0.127. The molecule has 1 spiro atoms. The summed E-state index contributed by atoms with van der Waals surface area (Å²) in [4.78, 5) is 44.8. The van der Waals surface area contributed by atoms with Crippen molar-refractivity contribution in [2.45, 2.75) is 96.7 Å². The Bertz CT molecular complexity index is 1580. The molecule has 4 heterocycles. The number of ether oxygens (including phenoxy) is 1. The van der Waals surface area contributed by atoms with Gasteiger partial charge in [-0.2, -0.15) is 0 Å². The van der Waals surface area contributed by atoms with Gasteiger partial charge in [-0.3, -0.25) is 14.4 Å². The number of aliphatic hydroxyl groups is 1. The summed E-state index contributed by atoms with van der Waals surface area (Å²) in [5.74, 6) is 0.401. The van der Waals surface area contributed by atoms with E-state index in [0.717, 1.165) is 61.8 Å². The van der Waals surface area contributed by atoms with Crippen LogP contribution in [0.3, 0.4) is 0 Å². The molecular formula is C36H55N5O7S2. The number of carbonyl (C=O) groups excluding carboxylic acids is 1. The zero-order chi connectivity index (χ0) is 36.3. The number of likely N-dealkylation sites (tertiary alicyclic amines) is 1. The van der Waals surface area contributed by atoms with Gasteiger partial charge < -0.3 is 40.2 Å². The molecule has 1 atom stereocenters. The lowest BCUT2D eigenvalue weighted by Crippen LogP contribution is -2.58. The van der Waals surface area contributed by atoms with Crippen molar-refractivity contribution >= 4 is 45.3 Å². The van der Waals surface area contributed by atoms with Crippen molar-refractivity contribution in [3.8, 4) is 5.75 Å².